The van der Waals surface area contributed by atoms with Crippen molar-refractivity contribution in [3.8, 4) is 0 Å². The Bertz CT molecular complexity index is 634. The summed E-state index contributed by atoms with van der Waals surface area (Å²) in [6.45, 7) is 3.96. The average Bonchev–Trinajstić information content (AvgIpc) is 3.28. The van der Waals surface area contributed by atoms with E-state index in [1.807, 2.05) is 21.9 Å². The molecule has 3 fully saturated rings. The summed E-state index contributed by atoms with van der Waals surface area (Å²) < 4.78 is 0. The predicted molar refractivity (Wildman–Crippen MR) is 93.8 cm³/mol. The molecule has 1 aromatic rings. The maximum absolute atomic E-state index is 12.6. The molecule has 1 spiro atoms. The number of urea groups is 1. The van der Waals surface area contributed by atoms with Crippen molar-refractivity contribution in [2.24, 2.45) is 0 Å². The van der Waals surface area contributed by atoms with Crippen LogP contribution in [0, 0.1) is 0 Å². The van der Waals surface area contributed by atoms with E-state index in [2.05, 4.69) is 9.88 Å². The Kier molecular flexibility index (Phi) is 4.36. The van der Waals surface area contributed by atoms with Crippen molar-refractivity contribution in [2.75, 3.05) is 26.2 Å². The van der Waals surface area contributed by atoms with E-state index in [9.17, 15) is 9.59 Å². The number of amides is 3. The zero-order valence-electron chi connectivity index (χ0n) is 14.7. The third-order valence-electron chi connectivity index (χ3n) is 6.11. The van der Waals surface area contributed by atoms with Crippen molar-refractivity contribution in [1.29, 1.82) is 0 Å². The van der Waals surface area contributed by atoms with Crippen molar-refractivity contribution < 1.29 is 9.59 Å². The summed E-state index contributed by atoms with van der Waals surface area (Å²) in [5.41, 5.74) is 1.06. The number of pyridine rings is 1. The van der Waals surface area contributed by atoms with Gasteiger partial charge in [0, 0.05) is 57.1 Å². The van der Waals surface area contributed by atoms with Gasteiger partial charge in [-0.15, -0.1) is 0 Å². The van der Waals surface area contributed by atoms with Crippen LogP contribution in [0.3, 0.4) is 0 Å². The number of carbonyl (C=O) groups excluding carboxylic acids is 2. The Labute approximate surface area is 148 Å². The third kappa shape index (κ3) is 3.10. The lowest BCUT2D eigenvalue weighted by molar-refractivity contribution is -0.133. The minimum absolute atomic E-state index is 0.0673. The molecule has 25 heavy (non-hydrogen) atoms. The van der Waals surface area contributed by atoms with Gasteiger partial charge in [0.05, 0.1) is 0 Å². The van der Waals surface area contributed by atoms with E-state index in [1.54, 1.807) is 12.4 Å². The molecule has 6 nitrogen and oxygen atoms in total. The molecule has 0 unspecified atom stereocenters. The Morgan fingerprint density at radius 3 is 2.32 bits per heavy atom. The minimum atomic E-state index is -0.0673. The minimum Gasteiger partial charge on any atom is -0.333 e. The molecule has 3 aliphatic rings. The van der Waals surface area contributed by atoms with Crippen LogP contribution in [-0.4, -0.2) is 63.3 Å². The molecule has 0 atom stereocenters. The van der Waals surface area contributed by atoms with Crippen molar-refractivity contribution in [2.45, 2.75) is 50.6 Å². The van der Waals surface area contributed by atoms with E-state index in [1.165, 1.54) is 0 Å². The highest BCUT2D eigenvalue weighted by Gasteiger charge is 2.47. The van der Waals surface area contributed by atoms with E-state index >= 15 is 0 Å². The monoisotopic (exact) mass is 342 g/mol. The van der Waals surface area contributed by atoms with E-state index in [-0.39, 0.29) is 17.5 Å². The van der Waals surface area contributed by atoms with Gasteiger partial charge in [0.2, 0.25) is 5.91 Å². The van der Waals surface area contributed by atoms with Gasteiger partial charge in [-0.05, 0) is 49.8 Å². The topological polar surface area (TPSA) is 56.8 Å². The fourth-order valence-electron chi connectivity index (χ4n) is 4.54. The van der Waals surface area contributed by atoms with Crippen molar-refractivity contribution in [1.82, 2.24) is 19.7 Å². The normalized spacial score (nSPS) is 22.9. The zero-order valence-corrected chi connectivity index (χ0v) is 14.7. The van der Waals surface area contributed by atoms with Gasteiger partial charge in [-0.2, -0.15) is 0 Å². The summed E-state index contributed by atoms with van der Waals surface area (Å²) in [5.74, 6) is 0.246. The van der Waals surface area contributed by atoms with E-state index in [0.29, 0.717) is 13.0 Å². The lowest BCUT2D eigenvalue weighted by atomic mass is 9.85. The smallest absolute Gasteiger partial charge is 0.320 e. The van der Waals surface area contributed by atoms with Crippen LogP contribution in [-0.2, 0) is 11.3 Å². The van der Waals surface area contributed by atoms with Gasteiger partial charge in [-0.3, -0.25) is 9.78 Å². The van der Waals surface area contributed by atoms with Gasteiger partial charge < -0.3 is 14.7 Å². The van der Waals surface area contributed by atoms with E-state index < -0.39 is 0 Å². The molecule has 0 aromatic carbocycles. The highest BCUT2D eigenvalue weighted by atomic mass is 16.2. The number of likely N-dealkylation sites (tertiary alicyclic amines) is 3. The van der Waals surface area contributed by atoms with Gasteiger partial charge in [0.1, 0.15) is 0 Å². The summed E-state index contributed by atoms with van der Waals surface area (Å²) in [6, 6.07) is 4.15. The number of nitrogens with zero attached hydrogens (tertiary/aromatic N) is 4. The molecule has 0 radical (unpaired) electrons. The highest BCUT2D eigenvalue weighted by molar-refractivity contribution is 5.80. The molecular formula is C19H26N4O2. The molecule has 0 bridgehead atoms. The number of aromatic nitrogens is 1. The molecule has 3 amide bonds. The van der Waals surface area contributed by atoms with Gasteiger partial charge in [0.25, 0.3) is 0 Å². The second-order valence-electron chi connectivity index (χ2n) is 7.52. The summed E-state index contributed by atoms with van der Waals surface area (Å²) in [6.07, 6.45) is 9.13. The predicted octanol–water partition coefficient (Wildman–Crippen LogP) is 2.25. The number of rotatable bonds is 2. The molecule has 134 valence electrons. The maximum Gasteiger partial charge on any atom is 0.320 e. The summed E-state index contributed by atoms with van der Waals surface area (Å²) in [5, 5.41) is 0. The first-order chi connectivity index (χ1) is 12.2. The lowest BCUT2D eigenvalue weighted by Crippen LogP contribution is -2.55. The molecule has 0 aliphatic carbocycles. The maximum atomic E-state index is 12.6. The fourth-order valence-corrected chi connectivity index (χ4v) is 4.54. The van der Waals surface area contributed by atoms with Crippen molar-refractivity contribution >= 4 is 11.9 Å². The van der Waals surface area contributed by atoms with Crippen LogP contribution < -0.4 is 0 Å². The molecule has 0 saturated carbocycles. The third-order valence-corrected chi connectivity index (χ3v) is 6.11. The van der Waals surface area contributed by atoms with Crippen molar-refractivity contribution in [3.63, 3.8) is 0 Å². The van der Waals surface area contributed by atoms with E-state index in [0.717, 1.165) is 63.8 Å². The molecular weight excluding hydrogens is 316 g/mol. The van der Waals surface area contributed by atoms with Crippen LogP contribution in [0.5, 0.6) is 0 Å². The Morgan fingerprint density at radius 1 is 1.00 bits per heavy atom. The van der Waals surface area contributed by atoms with Crippen LogP contribution >= 0.6 is 0 Å². The number of hydrogen-bond donors (Lipinski definition) is 0. The first kappa shape index (κ1) is 16.4. The van der Waals surface area contributed by atoms with Crippen LogP contribution in [0.15, 0.2) is 24.5 Å². The number of carbonyl (C=O) groups is 2. The van der Waals surface area contributed by atoms with Crippen LogP contribution in [0.4, 0.5) is 4.79 Å². The number of hydrogen-bond acceptors (Lipinski definition) is 3. The number of piperidine rings is 1. The first-order valence-electron chi connectivity index (χ1n) is 9.41. The van der Waals surface area contributed by atoms with E-state index in [4.69, 9.17) is 0 Å². The first-order valence-corrected chi connectivity index (χ1v) is 9.41. The Balaban J connectivity index is 1.43. The quantitative estimate of drug-likeness (QED) is 0.828. The molecule has 3 aliphatic heterocycles. The second-order valence-corrected chi connectivity index (χ2v) is 7.52. The summed E-state index contributed by atoms with van der Waals surface area (Å²) in [4.78, 5) is 35.2. The zero-order chi connectivity index (χ0) is 17.3. The fraction of sp³-hybridized carbons (Fsp3) is 0.632. The SMILES string of the molecule is O=C(N1CCCC1)N1CCC2(CCC(=O)N2Cc2ccncc2)CC1. The Hall–Kier alpha value is -2.11. The van der Waals surface area contributed by atoms with Gasteiger partial charge in [0.15, 0.2) is 0 Å². The lowest BCUT2D eigenvalue weighted by Gasteiger charge is -2.45. The van der Waals surface area contributed by atoms with Crippen LogP contribution in [0.25, 0.3) is 0 Å². The van der Waals surface area contributed by atoms with Crippen LogP contribution in [0.2, 0.25) is 0 Å². The standard InChI is InChI=1S/C19H26N4O2/c24-17-3-6-19(23(17)15-16-4-9-20-10-5-16)7-13-22(14-8-19)18(25)21-11-1-2-12-21/h4-5,9-10H,1-3,6-8,11-15H2. The summed E-state index contributed by atoms with van der Waals surface area (Å²) >= 11 is 0. The van der Waals surface area contributed by atoms with Crippen LogP contribution in [0.1, 0.15) is 44.1 Å². The highest BCUT2D eigenvalue weighted by Crippen LogP contribution is 2.40. The molecule has 4 heterocycles. The largest absolute Gasteiger partial charge is 0.333 e. The van der Waals surface area contributed by atoms with Gasteiger partial charge in [-0.25, -0.2) is 4.79 Å². The van der Waals surface area contributed by atoms with Crippen molar-refractivity contribution in [3.05, 3.63) is 30.1 Å². The molecule has 1 aromatic heterocycles. The molecule has 6 heteroatoms. The average molecular weight is 342 g/mol. The van der Waals surface area contributed by atoms with Gasteiger partial charge in [-0.1, -0.05) is 0 Å². The summed E-state index contributed by atoms with van der Waals surface area (Å²) in [7, 11) is 0. The molecule has 4 rings (SSSR count). The Morgan fingerprint density at radius 2 is 1.64 bits per heavy atom. The second kappa shape index (κ2) is 6.65. The molecule has 3 saturated heterocycles. The van der Waals surface area contributed by atoms with Gasteiger partial charge >= 0.3 is 6.03 Å². The molecule has 0 N–H and O–H groups in total.